The van der Waals surface area contributed by atoms with Gasteiger partial charge in [-0.3, -0.25) is 4.79 Å². The molecule has 1 aromatic carbocycles. The molecule has 0 radical (unpaired) electrons. The van der Waals surface area contributed by atoms with Crippen LogP contribution in [0.2, 0.25) is 0 Å². The average Bonchev–Trinajstić information content (AvgIpc) is 3.24. The highest BCUT2D eigenvalue weighted by atomic mass is 79.9. The topological polar surface area (TPSA) is 50.7 Å². The molecular formula is C17H21BrN2O2. The molecule has 0 bridgehead atoms. The lowest BCUT2D eigenvalue weighted by molar-refractivity contribution is -0.122. The number of carbonyl (C=O) groups is 1. The molecule has 0 heterocycles. The van der Waals surface area contributed by atoms with Gasteiger partial charge in [-0.05, 0) is 49.8 Å². The van der Waals surface area contributed by atoms with E-state index in [9.17, 15) is 4.79 Å². The first-order valence-electron chi connectivity index (χ1n) is 7.96. The lowest BCUT2D eigenvalue weighted by Crippen LogP contribution is -2.20. The molecule has 5 heteroatoms. The van der Waals surface area contributed by atoms with E-state index >= 15 is 0 Å². The molecule has 2 atom stereocenters. The monoisotopic (exact) mass is 364 g/mol. The zero-order valence-electron chi connectivity index (χ0n) is 12.7. The molecule has 0 aliphatic heterocycles. The van der Waals surface area contributed by atoms with Gasteiger partial charge in [0.15, 0.2) is 0 Å². The molecule has 1 aromatic rings. The lowest BCUT2D eigenvalue weighted by atomic mass is 10.0. The zero-order valence-corrected chi connectivity index (χ0v) is 14.3. The maximum absolute atomic E-state index is 12.2. The quantitative estimate of drug-likeness (QED) is 0.639. The zero-order chi connectivity index (χ0) is 15.5. The molecule has 0 spiro atoms. The minimum absolute atomic E-state index is 0.0705. The van der Waals surface area contributed by atoms with Crippen molar-refractivity contribution in [3.05, 3.63) is 28.2 Å². The molecule has 0 saturated heterocycles. The molecule has 2 aliphatic rings. The van der Waals surface area contributed by atoms with Crippen molar-refractivity contribution >= 4 is 28.1 Å². The van der Waals surface area contributed by atoms with Crippen molar-refractivity contribution in [3.63, 3.8) is 0 Å². The molecule has 2 saturated carbocycles. The van der Waals surface area contributed by atoms with Gasteiger partial charge in [-0.2, -0.15) is 5.10 Å². The van der Waals surface area contributed by atoms with Gasteiger partial charge in [0.05, 0.1) is 12.8 Å². The number of ether oxygens (including phenoxy) is 1. The molecule has 3 rings (SSSR count). The van der Waals surface area contributed by atoms with E-state index in [0.29, 0.717) is 18.4 Å². The second-order valence-corrected chi connectivity index (χ2v) is 6.90. The number of fused-ring (bicyclic) bond motifs is 1. The summed E-state index contributed by atoms with van der Waals surface area (Å²) < 4.78 is 6.52. The Balaban J connectivity index is 1.60. The third-order valence-corrected chi connectivity index (χ3v) is 5.10. The Hall–Kier alpha value is -1.36. The number of hydrogen-bond acceptors (Lipinski definition) is 3. The van der Waals surface area contributed by atoms with Crippen LogP contribution in [-0.4, -0.2) is 18.7 Å². The predicted octanol–water partition coefficient (Wildman–Crippen LogP) is 3.73. The normalized spacial score (nSPS) is 26.5. The van der Waals surface area contributed by atoms with E-state index in [4.69, 9.17) is 4.74 Å². The number of benzene rings is 1. The Morgan fingerprint density at radius 1 is 1.41 bits per heavy atom. The first-order valence-corrected chi connectivity index (χ1v) is 8.75. The van der Waals surface area contributed by atoms with Gasteiger partial charge in [-0.15, -0.1) is 0 Å². The molecule has 1 N–H and O–H groups in total. The Morgan fingerprint density at radius 2 is 2.14 bits per heavy atom. The van der Waals surface area contributed by atoms with Crippen LogP contribution in [0.1, 0.15) is 38.2 Å². The van der Waals surface area contributed by atoms with E-state index in [1.54, 1.807) is 6.21 Å². The van der Waals surface area contributed by atoms with E-state index < -0.39 is 0 Å². The van der Waals surface area contributed by atoms with Gasteiger partial charge in [0.2, 0.25) is 5.91 Å². The minimum atomic E-state index is 0.0705. The third-order valence-electron chi connectivity index (χ3n) is 4.61. The third kappa shape index (κ3) is 3.35. The number of nitrogens with one attached hydrogen (secondary N) is 1. The number of amides is 1. The number of rotatable bonds is 5. The first kappa shape index (κ1) is 15.5. The first-order chi connectivity index (χ1) is 10.7. The van der Waals surface area contributed by atoms with Crippen LogP contribution in [0.5, 0.6) is 5.75 Å². The van der Waals surface area contributed by atoms with E-state index in [1.807, 2.05) is 25.1 Å². The Morgan fingerprint density at radius 3 is 2.82 bits per heavy atom. The van der Waals surface area contributed by atoms with Gasteiger partial charge in [0.1, 0.15) is 5.75 Å². The highest BCUT2D eigenvalue weighted by molar-refractivity contribution is 9.10. The fraction of sp³-hybridized carbons (Fsp3) is 0.529. The standard InChI is InChI=1S/C17H21BrN2O2/c1-2-22-15-8-7-12(18)9-11(15)10-19-20-17(21)16-13-5-3-4-6-14(13)16/h7-10,13-14,16H,2-6H2,1H3,(H,20,21)/b19-10+. The van der Waals surface area contributed by atoms with Gasteiger partial charge >= 0.3 is 0 Å². The molecule has 118 valence electrons. The fourth-order valence-electron chi connectivity index (χ4n) is 3.53. The molecule has 2 aliphatic carbocycles. The van der Waals surface area contributed by atoms with Crippen LogP contribution in [-0.2, 0) is 4.79 Å². The van der Waals surface area contributed by atoms with Crippen LogP contribution in [0.4, 0.5) is 0 Å². The van der Waals surface area contributed by atoms with Crippen LogP contribution < -0.4 is 10.2 Å². The molecule has 2 unspecified atom stereocenters. The van der Waals surface area contributed by atoms with Gasteiger partial charge < -0.3 is 4.74 Å². The second-order valence-electron chi connectivity index (χ2n) is 5.99. The molecule has 4 nitrogen and oxygen atoms in total. The lowest BCUT2D eigenvalue weighted by Gasteiger charge is -2.07. The van der Waals surface area contributed by atoms with E-state index in [2.05, 4.69) is 26.5 Å². The van der Waals surface area contributed by atoms with Crippen LogP contribution in [0, 0.1) is 17.8 Å². The Bertz CT molecular complexity index is 576. The van der Waals surface area contributed by atoms with Crippen LogP contribution >= 0.6 is 15.9 Å². The smallest absolute Gasteiger partial charge is 0.243 e. The second kappa shape index (κ2) is 6.82. The maximum Gasteiger partial charge on any atom is 0.243 e. The van der Waals surface area contributed by atoms with E-state index in [-0.39, 0.29) is 11.8 Å². The van der Waals surface area contributed by atoms with Crippen molar-refractivity contribution < 1.29 is 9.53 Å². The maximum atomic E-state index is 12.2. The van der Waals surface area contributed by atoms with Crippen LogP contribution in [0.25, 0.3) is 0 Å². The average molecular weight is 365 g/mol. The van der Waals surface area contributed by atoms with Crippen LogP contribution in [0.3, 0.4) is 0 Å². The molecule has 2 fully saturated rings. The Labute approximate surface area is 139 Å². The highest BCUT2D eigenvalue weighted by Crippen LogP contribution is 2.55. The SMILES string of the molecule is CCOc1ccc(Br)cc1/C=N/NC(=O)C1C2CCCCC21. The molecule has 0 aromatic heterocycles. The predicted molar refractivity (Wildman–Crippen MR) is 90.0 cm³/mol. The largest absolute Gasteiger partial charge is 0.493 e. The van der Waals surface area contributed by atoms with Gasteiger partial charge in [0.25, 0.3) is 0 Å². The van der Waals surface area contributed by atoms with E-state index in [1.165, 1.54) is 25.7 Å². The summed E-state index contributed by atoms with van der Waals surface area (Å²) in [6.45, 7) is 2.54. The number of halogens is 1. The minimum Gasteiger partial charge on any atom is -0.493 e. The molecule has 1 amide bonds. The molecule has 22 heavy (non-hydrogen) atoms. The van der Waals surface area contributed by atoms with Gasteiger partial charge in [0, 0.05) is 16.0 Å². The summed E-state index contributed by atoms with van der Waals surface area (Å²) in [4.78, 5) is 12.2. The van der Waals surface area contributed by atoms with Gasteiger partial charge in [-0.1, -0.05) is 28.8 Å². The Kier molecular flexibility index (Phi) is 4.81. The van der Waals surface area contributed by atoms with E-state index in [0.717, 1.165) is 15.8 Å². The van der Waals surface area contributed by atoms with Crippen molar-refractivity contribution in [2.24, 2.45) is 22.9 Å². The summed E-state index contributed by atoms with van der Waals surface area (Å²) in [6.07, 6.45) is 6.59. The summed E-state index contributed by atoms with van der Waals surface area (Å²) in [7, 11) is 0. The summed E-state index contributed by atoms with van der Waals surface area (Å²) in [5, 5.41) is 4.12. The summed E-state index contributed by atoms with van der Waals surface area (Å²) in [5.41, 5.74) is 3.55. The summed E-state index contributed by atoms with van der Waals surface area (Å²) in [6, 6.07) is 5.75. The number of nitrogens with zero attached hydrogens (tertiary/aromatic N) is 1. The van der Waals surface area contributed by atoms with Crippen molar-refractivity contribution in [1.29, 1.82) is 0 Å². The highest BCUT2D eigenvalue weighted by Gasteiger charge is 2.54. The number of hydrazone groups is 1. The fourth-order valence-corrected chi connectivity index (χ4v) is 3.91. The summed E-state index contributed by atoms with van der Waals surface area (Å²) in [5.74, 6) is 2.24. The summed E-state index contributed by atoms with van der Waals surface area (Å²) >= 11 is 3.44. The van der Waals surface area contributed by atoms with Crippen LogP contribution in [0.15, 0.2) is 27.8 Å². The van der Waals surface area contributed by atoms with Crippen molar-refractivity contribution in [2.45, 2.75) is 32.6 Å². The van der Waals surface area contributed by atoms with Crippen molar-refractivity contribution in [1.82, 2.24) is 5.43 Å². The number of carbonyl (C=O) groups excluding carboxylic acids is 1. The molecular weight excluding hydrogens is 344 g/mol. The van der Waals surface area contributed by atoms with Crippen molar-refractivity contribution in [3.8, 4) is 5.75 Å². The van der Waals surface area contributed by atoms with Crippen molar-refractivity contribution in [2.75, 3.05) is 6.61 Å². The van der Waals surface area contributed by atoms with Gasteiger partial charge in [-0.25, -0.2) is 5.43 Å². The number of hydrogen-bond donors (Lipinski definition) is 1.